The number of nitrogens with zero attached hydrogens (tertiary/aromatic N) is 5. The Bertz CT molecular complexity index is 1260. The topological polar surface area (TPSA) is 76.6 Å². The number of piperazine rings is 1. The molecule has 3 amide bonds. The van der Waals surface area contributed by atoms with Gasteiger partial charge in [-0.3, -0.25) is 19.3 Å². The van der Waals surface area contributed by atoms with Crippen LogP contribution < -0.4 is 0 Å². The van der Waals surface area contributed by atoms with E-state index in [1.165, 1.54) is 5.56 Å². The van der Waals surface area contributed by atoms with E-state index in [0.29, 0.717) is 50.0 Å². The number of likely N-dealkylation sites (N-methyl/N-ethyl adjacent to an activating group) is 1. The van der Waals surface area contributed by atoms with Crippen LogP contribution in [-0.2, 0) is 19.1 Å². The second kappa shape index (κ2) is 14.3. The summed E-state index contributed by atoms with van der Waals surface area (Å²) in [5.74, 6) is 0.955. The van der Waals surface area contributed by atoms with Crippen LogP contribution >= 0.6 is 11.6 Å². The fraction of sp³-hybridized carbons (Fsp3) is 0.757. The van der Waals surface area contributed by atoms with Crippen molar-refractivity contribution in [3.8, 4) is 0 Å². The van der Waals surface area contributed by atoms with Gasteiger partial charge in [0.05, 0.1) is 12.1 Å². The smallest absolute Gasteiger partial charge is 0.252 e. The van der Waals surface area contributed by atoms with E-state index in [-0.39, 0.29) is 47.3 Å². The lowest BCUT2D eigenvalue weighted by molar-refractivity contribution is -0.148. The van der Waals surface area contributed by atoms with Crippen LogP contribution in [0.25, 0.3) is 0 Å². The third-order valence-electron chi connectivity index (χ3n) is 11.7. The molecule has 0 N–H and O–H groups in total. The number of rotatable bonds is 6. The molecule has 0 spiro atoms. The number of hydrogen-bond acceptors (Lipinski definition) is 6. The van der Waals surface area contributed by atoms with E-state index in [1.54, 1.807) is 0 Å². The molecule has 5 aliphatic rings. The first-order valence-electron chi connectivity index (χ1n) is 18.1. The van der Waals surface area contributed by atoms with Gasteiger partial charge in [-0.2, -0.15) is 0 Å². The molecule has 1 aliphatic carbocycles. The van der Waals surface area contributed by atoms with Gasteiger partial charge in [0.2, 0.25) is 11.8 Å². The highest BCUT2D eigenvalue weighted by Gasteiger charge is 2.51. The Morgan fingerprint density at radius 2 is 1.53 bits per heavy atom. The second-order valence-corrected chi connectivity index (χ2v) is 16.4. The maximum absolute atomic E-state index is 15.0. The molecule has 5 atom stereocenters. The van der Waals surface area contributed by atoms with E-state index in [2.05, 4.69) is 61.6 Å². The van der Waals surface area contributed by atoms with Crippen LogP contribution in [0.15, 0.2) is 24.3 Å². The van der Waals surface area contributed by atoms with E-state index in [0.717, 1.165) is 58.2 Å². The van der Waals surface area contributed by atoms with Gasteiger partial charge >= 0.3 is 0 Å². The van der Waals surface area contributed by atoms with E-state index in [9.17, 15) is 14.4 Å². The molecule has 1 aromatic carbocycles. The Morgan fingerprint density at radius 1 is 0.851 bits per heavy atom. The summed E-state index contributed by atoms with van der Waals surface area (Å²) in [5.41, 5.74) is 0.946. The molecular formula is C37H56ClN5O4. The van der Waals surface area contributed by atoms with Crippen molar-refractivity contribution < 1.29 is 19.1 Å². The molecule has 4 aliphatic heterocycles. The van der Waals surface area contributed by atoms with Crippen LogP contribution in [0, 0.1) is 5.92 Å². The van der Waals surface area contributed by atoms with Gasteiger partial charge in [0.25, 0.3) is 5.91 Å². The first kappa shape index (κ1) is 34.7. The molecule has 6 rings (SSSR count). The lowest BCUT2D eigenvalue weighted by Crippen LogP contribution is -2.57. The van der Waals surface area contributed by atoms with Crippen molar-refractivity contribution in [1.82, 2.24) is 24.5 Å². The molecule has 260 valence electrons. The molecular weight excluding hydrogens is 614 g/mol. The highest BCUT2D eigenvalue weighted by Crippen LogP contribution is 2.40. The monoisotopic (exact) mass is 669 g/mol. The summed E-state index contributed by atoms with van der Waals surface area (Å²) in [4.78, 5) is 54.1. The number of hydrogen-bond donors (Lipinski definition) is 0. The number of amides is 3. The minimum Gasteiger partial charge on any atom is -0.368 e. The van der Waals surface area contributed by atoms with Crippen LogP contribution in [-0.4, -0.2) is 131 Å². The highest BCUT2D eigenvalue weighted by molar-refractivity contribution is 6.30. The van der Waals surface area contributed by atoms with Crippen LogP contribution in [0.5, 0.6) is 0 Å². The highest BCUT2D eigenvalue weighted by atomic mass is 35.5. The molecule has 0 aromatic heterocycles. The summed E-state index contributed by atoms with van der Waals surface area (Å²) < 4.78 is 5.95. The lowest BCUT2D eigenvalue weighted by atomic mass is 9.85. The van der Waals surface area contributed by atoms with Gasteiger partial charge in [0, 0.05) is 62.5 Å². The largest absolute Gasteiger partial charge is 0.368 e. The van der Waals surface area contributed by atoms with Crippen LogP contribution in [0.1, 0.15) is 90.5 Å². The normalized spacial score (nSPS) is 32.6. The number of ether oxygens (including phenoxy) is 1. The molecule has 2 unspecified atom stereocenters. The van der Waals surface area contributed by atoms with Gasteiger partial charge in [-0.05, 0) is 109 Å². The summed E-state index contributed by atoms with van der Waals surface area (Å²) in [5, 5.41) is 0.704. The van der Waals surface area contributed by atoms with E-state index in [4.69, 9.17) is 16.3 Å². The summed E-state index contributed by atoms with van der Waals surface area (Å²) in [6, 6.07) is 6.99. The molecule has 0 bridgehead atoms. The zero-order chi connectivity index (χ0) is 33.5. The molecule has 1 saturated carbocycles. The van der Waals surface area contributed by atoms with Gasteiger partial charge in [-0.15, -0.1) is 0 Å². The van der Waals surface area contributed by atoms with Crippen molar-refractivity contribution >= 4 is 29.3 Å². The molecule has 10 heteroatoms. The Labute approximate surface area is 286 Å². The van der Waals surface area contributed by atoms with Crippen molar-refractivity contribution in [2.75, 3.05) is 52.9 Å². The molecule has 9 nitrogen and oxygen atoms in total. The minimum atomic E-state index is -0.574. The molecule has 47 heavy (non-hydrogen) atoms. The number of halogens is 1. The van der Waals surface area contributed by atoms with Crippen molar-refractivity contribution in [2.24, 2.45) is 5.92 Å². The number of carbonyl (C=O) groups excluding carboxylic acids is 3. The second-order valence-electron chi connectivity index (χ2n) is 16.0. The van der Waals surface area contributed by atoms with Crippen LogP contribution in [0.4, 0.5) is 0 Å². The Hall–Kier alpha value is -2.20. The third kappa shape index (κ3) is 7.53. The Balaban J connectivity index is 1.31. The average molecular weight is 670 g/mol. The molecule has 5 fully saturated rings. The van der Waals surface area contributed by atoms with Crippen LogP contribution in [0.3, 0.4) is 0 Å². The SMILES string of the molecule is CC1CCC(N(C(=O)[C@@H]2CCCO2)[C@H]2C[C@@H](C(=O)N3CCN(C)CC3)N(C(=O)C3CC(c4ccc(Cl)cc4)CN3C(C)(C)C)C2)CC1. The summed E-state index contributed by atoms with van der Waals surface area (Å²) in [6.45, 7) is 13.5. The van der Waals surface area contributed by atoms with Crippen molar-refractivity contribution in [3.05, 3.63) is 34.9 Å². The average Bonchev–Trinajstić information content (AvgIpc) is 3.83. The zero-order valence-corrected chi connectivity index (χ0v) is 30.0. The maximum atomic E-state index is 15.0. The Kier molecular flexibility index (Phi) is 10.6. The van der Waals surface area contributed by atoms with Gasteiger partial charge in [0.15, 0.2) is 0 Å². The van der Waals surface area contributed by atoms with Crippen LogP contribution in [0.2, 0.25) is 5.02 Å². The fourth-order valence-electron chi connectivity index (χ4n) is 8.83. The predicted octanol–water partition coefficient (Wildman–Crippen LogP) is 4.63. The van der Waals surface area contributed by atoms with Crippen molar-refractivity contribution in [1.29, 1.82) is 0 Å². The van der Waals surface area contributed by atoms with Gasteiger partial charge in [-0.1, -0.05) is 30.7 Å². The van der Waals surface area contributed by atoms with E-state index in [1.807, 2.05) is 21.9 Å². The van der Waals surface area contributed by atoms with E-state index < -0.39 is 12.1 Å². The molecule has 4 heterocycles. The fourth-order valence-corrected chi connectivity index (χ4v) is 8.95. The first-order chi connectivity index (χ1) is 22.4. The van der Waals surface area contributed by atoms with Gasteiger partial charge < -0.3 is 24.3 Å². The Morgan fingerprint density at radius 3 is 2.15 bits per heavy atom. The standard InChI is InChI=1S/C37H56ClN5O4/c1-25-8-14-29(15-9-25)43(36(46)33-7-6-20-47-33)30-22-31(34(44)40-18-16-39(5)17-19-40)41(24-30)35(45)32-21-27(23-42(32)37(2,3)4)26-10-12-28(38)13-11-26/h10-13,25,27,29-33H,6-9,14-24H2,1-5H3/t25?,27?,29?,30-,31-,32?,33-/m0/s1. The number of benzene rings is 1. The van der Waals surface area contributed by atoms with Crippen molar-refractivity contribution in [3.63, 3.8) is 0 Å². The molecule has 4 saturated heterocycles. The third-order valence-corrected chi connectivity index (χ3v) is 11.9. The quantitative estimate of drug-likeness (QED) is 0.440. The molecule has 1 aromatic rings. The van der Waals surface area contributed by atoms with Gasteiger partial charge in [-0.25, -0.2) is 0 Å². The number of likely N-dealkylation sites (tertiary alicyclic amines) is 2. The maximum Gasteiger partial charge on any atom is 0.252 e. The summed E-state index contributed by atoms with van der Waals surface area (Å²) in [6.07, 6.45) is 6.50. The number of carbonyl (C=O) groups is 3. The minimum absolute atomic E-state index is 0.0214. The first-order valence-corrected chi connectivity index (χ1v) is 18.5. The predicted molar refractivity (Wildman–Crippen MR) is 184 cm³/mol. The summed E-state index contributed by atoms with van der Waals surface area (Å²) >= 11 is 6.22. The lowest BCUT2D eigenvalue weighted by Gasteiger charge is -2.41. The van der Waals surface area contributed by atoms with Gasteiger partial charge in [0.1, 0.15) is 12.1 Å². The zero-order valence-electron chi connectivity index (χ0n) is 29.2. The van der Waals surface area contributed by atoms with E-state index >= 15 is 0 Å². The summed E-state index contributed by atoms with van der Waals surface area (Å²) in [7, 11) is 2.08. The molecule has 0 radical (unpaired) electrons. The van der Waals surface area contributed by atoms with Crippen molar-refractivity contribution in [2.45, 2.75) is 121 Å².